The maximum absolute atomic E-state index is 12.2. The number of aliphatic hydroxyl groups is 1. The zero-order valence-electron chi connectivity index (χ0n) is 13.7. The fourth-order valence-corrected chi connectivity index (χ4v) is 2.40. The Kier molecular flexibility index (Phi) is 12.0. The molecule has 3 amide bonds. The summed E-state index contributed by atoms with van der Waals surface area (Å²) < 4.78 is 0. The number of amides is 3. The van der Waals surface area contributed by atoms with Crippen molar-refractivity contribution < 1.29 is 29.4 Å². The van der Waals surface area contributed by atoms with E-state index in [0.717, 1.165) is 0 Å². The number of thioether (sulfide) groups is 1. The molecule has 10 nitrogen and oxygen atoms in total. The number of carboxylic acids is 1. The largest absolute Gasteiger partial charge is 0.480 e. The molecule has 0 aliphatic heterocycles. The number of hydrogen-bond donors (Lipinski definition) is 7. The van der Waals surface area contributed by atoms with E-state index >= 15 is 0 Å². The van der Waals surface area contributed by atoms with Gasteiger partial charge >= 0.3 is 5.97 Å². The van der Waals surface area contributed by atoms with E-state index in [1.165, 1.54) is 11.8 Å². The zero-order valence-corrected chi connectivity index (χ0v) is 15.4. The molecule has 3 atom stereocenters. The van der Waals surface area contributed by atoms with Crippen LogP contribution in [0.2, 0.25) is 0 Å². The van der Waals surface area contributed by atoms with Crippen LogP contribution in [-0.2, 0) is 19.2 Å². The van der Waals surface area contributed by atoms with Crippen molar-refractivity contribution in [3.63, 3.8) is 0 Å². The summed E-state index contributed by atoms with van der Waals surface area (Å²) in [5.41, 5.74) is 5.13. The average Bonchev–Trinajstić information content (AvgIpc) is 2.59. The smallest absolute Gasteiger partial charge is 0.327 e. The molecular formula is C13H24N4O6S2. The zero-order chi connectivity index (χ0) is 19.4. The molecule has 0 aromatic rings. The third-order valence-electron chi connectivity index (χ3n) is 3.06. The summed E-state index contributed by atoms with van der Waals surface area (Å²) in [6.07, 6.45) is 2.04. The number of carbonyl (C=O) groups excluding carboxylic acids is 3. The van der Waals surface area contributed by atoms with Crippen LogP contribution < -0.4 is 21.7 Å². The first-order valence-corrected chi connectivity index (χ1v) is 9.36. The van der Waals surface area contributed by atoms with Crippen molar-refractivity contribution in [3.8, 4) is 0 Å². The number of aliphatic carboxylic acids is 1. The van der Waals surface area contributed by atoms with Crippen LogP contribution in [-0.4, -0.2) is 82.9 Å². The number of rotatable bonds is 12. The quantitative estimate of drug-likeness (QED) is 0.173. The van der Waals surface area contributed by atoms with Gasteiger partial charge in [-0.15, -0.1) is 0 Å². The molecule has 3 unspecified atom stereocenters. The molecule has 0 radical (unpaired) electrons. The number of nitrogens with two attached hydrogens (primary N) is 1. The number of hydrogen-bond acceptors (Lipinski definition) is 8. The van der Waals surface area contributed by atoms with Crippen molar-refractivity contribution in [1.29, 1.82) is 0 Å². The molecule has 7 N–H and O–H groups in total. The van der Waals surface area contributed by atoms with Crippen LogP contribution in [0, 0.1) is 0 Å². The molecule has 0 aromatic heterocycles. The van der Waals surface area contributed by atoms with Gasteiger partial charge in [0.2, 0.25) is 17.7 Å². The van der Waals surface area contributed by atoms with Crippen molar-refractivity contribution in [3.05, 3.63) is 0 Å². The summed E-state index contributed by atoms with van der Waals surface area (Å²) in [7, 11) is 0. The lowest BCUT2D eigenvalue weighted by atomic mass is 10.1. The van der Waals surface area contributed by atoms with E-state index in [2.05, 4.69) is 28.6 Å². The van der Waals surface area contributed by atoms with E-state index in [-0.39, 0.29) is 18.7 Å². The molecule has 0 heterocycles. The molecule has 0 spiro atoms. The second kappa shape index (κ2) is 12.8. The van der Waals surface area contributed by atoms with Gasteiger partial charge in [0.15, 0.2) is 0 Å². The highest BCUT2D eigenvalue weighted by molar-refractivity contribution is 7.98. The van der Waals surface area contributed by atoms with Gasteiger partial charge in [-0.1, -0.05) is 0 Å². The van der Waals surface area contributed by atoms with Crippen molar-refractivity contribution in [2.45, 2.75) is 24.5 Å². The van der Waals surface area contributed by atoms with E-state index in [4.69, 9.17) is 10.8 Å². The van der Waals surface area contributed by atoms with Gasteiger partial charge in [0.05, 0.1) is 13.2 Å². The molecule has 0 rings (SSSR count). The average molecular weight is 396 g/mol. The summed E-state index contributed by atoms with van der Waals surface area (Å²) in [6, 6.07) is -3.48. The van der Waals surface area contributed by atoms with Gasteiger partial charge in [0.25, 0.3) is 0 Å². The van der Waals surface area contributed by atoms with Crippen LogP contribution in [0.4, 0.5) is 0 Å². The van der Waals surface area contributed by atoms with Gasteiger partial charge in [-0.05, 0) is 18.4 Å². The van der Waals surface area contributed by atoms with E-state index in [0.29, 0.717) is 5.75 Å². The van der Waals surface area contributed by atoms with Gasteiger partial charge < -0.3 is 31.9 Å². The highest BCUT2D eigenvalue weighted by Gasteiger charge is 2.28. The summed E-state index contributed by atoms with van der Waals surface area (Å²) in [4.78, 5) is 46.6. The minimum absolute atomic E-state index is 0.115. The predicted molar refractivity (Wildman–Crippen MR) is 96.4 cm³/mol. The third-order valence-corrected chi connectivity index (χ3v) is 4.07. The maximum Gasteiger partial charge on any atom is 0.327 e. The molecule has 0 saturated carbocycles. The Morgan fingerprint density at radius 1 is 1.08 bits per heavy atom. The Labute approximate surface area is 155 Å². The molecule has 0 aromatic carbocycles. The Morgan fingerprint density at radius 2 is 1.64 bits per heavy atom. The van der Waals surface area contributed by atoms with Crippen LogP contribution >= 0.6 is 24.4 Å². The van der Waals surface area contributed by atoms with Crippen LogP contribution in [0.25, 0.3) is 0 Å². The number of carboxylic acid groups (broad SMARTS) is 1. The van der Waals surface area contributed by atoms with Gasteiger partial charge in [-0.3, -0.25) is 14.4 Å². The summed E-state index contributed by atoms with van der Waals surface area (Å²) in [5, 5.41) is 25.1. The van der Waals surface area contributed by atoms with Gasteiger partial charge in [0, 0.05) is 5.75 Å². The minimum Gasteiger partial charge on any atom is -0.480 e. The minimum atomic E-state index is -1.26. The lowest BCUT2D eigenvalue weighted by molar-refractivity contribution is -0.141. The standard InChI is InChI=1S/C13H24N4O6S2/c1-25-3-2-7(11(20)17-9(6-24)13(22)23)16-12(21)8(5-18)15-10(19)4-14/h7-9,18,24H,2-6,14H2,1H3,(H,15,19)(H,16,21)(H,17,20)(H,22,23). The molecule has 0 saturated heterocycles. The Morgan fingerprint density at radius 3 is 2.08 bits per heavy atom. The number of thiol groups is 1. The maximum atomic E-state index is 12.2. The fourth-order valence-electron chi connectivity index (χ4n) is 1.68. The second-order valence-corrected chi connectivity index (χ2v) is 6.28. The van der Waals surface area contributed by atoms with Gasteiger partial charge in [0.1, 0.15) is 18.1 Å². The van der Waals surface area contributed by atoms with Gasteiger partial charge in [-0.25, -0.2) is 4.79 Å². The normalized spacial score (nSPS) is 14.1. The monoisotopic (exact) mass is 396 g/mol. The molecule has 0 aliphatic carbocycles. The van der Waals surface area contributed by atoms with Crippen molar-refractivity contribution >= 4 is 48.1 Å². The van der Waals surface area contributed by atoms with Crippen LogP contribution in [0.1, 0.15) is 6.42 Å². The molecule has 0 aliphatic rings. The molecule has 144 valence electrons. The number of aliphatic hydroxyl groups excluding tert-OH is 1. The summed E-state index contributed by atoms with van der Waals surface area (Å²) >= 11 is 5.29. The first-order valence-electron chi connectivity index (χ1n) is 7.34. The fraction of sp³-hybridized carbons (Fsp3) is 0.692. The summed E-state index contributed by atoms with van der Waals surface area (Å²) in [5.74, 6) is -2.94. The SMILES string of the molecule is CSCCC(NC(=O)C(CO)NC(=O)CN)C(=O)NC(CS)C(=O)O. The predicted octanol–water partition coefficient (Wildman–Crippen LogP) is -2.84. The highest BCUT2D eigenvalue weighted by atomic mass is 32.2. The summed E-state index contributed by atoms with van der Waals surface area (Å²) in [6.45, 7) is -1.04. The lowest BCUT2D eigenvalue weighted by Crippen LogP contribution is -2.57. The lowest BCUT2D eigenvalue weighted by Gasteiger charge is -2.23. The highest BCUT2D eigenvalue weighted by Crippen LogP contribution is 2.03. The molecular weight excluding hydrogens is 372 g/mol. The third kappa shape index (κ3) is 8.95. The Bertz CT molecular complexity index is 479. The van der Waals surface area contributed by atoms with Crippen LogP contribution in [0.15, 0.2) is 0 Å². The van der Waals surface area contributed by atoms with E-state index in [1.807, 2.05) is 6.26 Å². The Balaban J connectivity index is 5.00. The second-order valence-electron chi connectivity index (χ2n) is 4.93. The van der Waals surface area contributed by atoms with Crippen LogP contribution in [0.5, 0.6) is 0 Å². The van der Waals surface area contributed by atoms with Crippen LogP contribution in [0.3, 0.4) is 0 Å². The van der Waals surface area contributed by atoms with Crippen molar-refractivity contribution in [2.75, 3.05) is 30.9 Å². The molecule has 0 fully saturated rings. The molecule has 12 heteroatoms. The molecule has 0 bridgehead atoms. The Hall–Kier alpha value is -1.50. The molecule has 25 heavy (non-hydrogen) atoms. The number of nitrogens with one attached hydrogen (secondary N) is 3. The van der Waals surface area contributed by atoms with E-state index in [9.17, 15) is 24.3 Å². The first-order chi connectivity index (χ1) is 11.8. The number of carbonyl (C=O) groups is 4. The van der Waals surface area contributed by atoms with E-state index < -0.39 is 48.4 Å². The first kappa shape index (κ1) is 23.5. The van der Waals surface area contributed by atoms with E-state index in [1.54, 1.807) is 0 Å². The topological polar surface area (TPSA) is 171 Å². The van der Waals surface area contributed by atoms with Gasteiger partial charge in [-0.2, -0.15) is 24.4 Å². The van der Waals surface area contributed by atoms with Crippen molar-refractivity contribution in [1.82, 2.24) is 16.0 Å². The van der Waals surface area contributed by atoms with Crippen molar-refractivity contribution in [2.24, 2.45) is 5.73 Å².